The summed E-state index contributed by atoms with van der Waals surface area (Å²) in [5, 5.41) is 7.14. The number of H-pyrrole nitrogens is 1. The third-order valence-corrected chi connectivity index (χ3v) is 3.80. The Morgan fingerprint density at radius 1 is 0.955 bits per heavy atom. The Balaban J connectivity index is 1.99. The molecule has 0 aliphatic carbocycles. The van der Waals surface area contributed by atoms with E-state index in [4.69, 9.17) is 0 Å². The molecule has 0 atom stereocenters. The van der Waals surface area contributed by atoms with Crippen LogP contribution < -0.4 is 0 Å². The number of aromatic nitrogens is 2. The molecule has 2 aromatic carbocycles. The first kappa shape index (κ1) is 14.3. The standard InChI is InChI=1S/C19H18N2O/c1-12-9-13(2)18(14(3)10-12)19(22)17-11-16(20-21-17)15-7-5-4-6-8-15/h4-11H,1-3H3,(H,20,21). The lowest BCUT2D eigenvalue weighted by molar-refractivity contribution is 0.103. The van der Waals surface area contributed by atoms with Crippen LogP contribution in [0.15, 0.2) is 48.5 Å². The maximum Gasteiger partial charge on any atom is 0.211 e. The van der Waals surface area contributed by atoms with Gasteiger partial charge < -0.3 is 0 Å². The SMILES string of the molecule is Cc1cc(C)c(C(=O)c2cc(-c3ccccc3)n[nH]2)c(C)c1. The van der Waals surface area contributed by atoms with Gasteiger partial charge in [-0.15, -0.1) is 0 Å². The monoisotopic (exact) mass is 290 g/mol. The minimum absolute atomic E-state index is 0.00955. The van der Waals surface area contributed by atoms with E-state index in [1.165, 1.54) is 5.56 Å². The van der Waals surface area contributed by atoms with Crippen LogP contribution in [0.2, 0.25) is 0 Å². The molecule has 3 nitrogen and oxygen atoms in total. The van der Waals surface area contributed by atoms with Crippen molar-refractivity contribution in [2.24, 2.45) is 0 Å². The van der Waals surface area contributed by atoms with E-state index in [-0.39, 0.29) is 5.78 Å². The molecule has 0 unspecified atom stereocenters. The summed E-state index contributed by atoms with van der Waals surface area (Å²) in [5.41, 5.74) is 6.22. The minimum atomic E-state index is -0.00955. The molecule has 0 bridgehead atoms. The average Bonchev–Trinajstić information content (AvgIpc) is 2.97. The number of aryl methyl sites for hydroxylation is 3. The Morgan fingerprint density at radius 3 is 2.23 bits per heavy atom. The highest BCUT2D eigenvalue weighted by atomic mass is 16.1. The van der Waals surface area contributed by atoms with Crippen LogP contribution in [-0.4, -0.2) is 16.0 Å². The molecule has 0 radical (unpaired) electrons. The van der Waals surface area contributed by atoms with Crippen LogP contribution >= 0.6 is 0 Å². The molecular formula is C19H18N2O. The van der Waals surface area contributed by atoms with Gasteiger partial charge in [-0.1, -0.05) is 48.0 Å². The molecule has 1 N–H and O–H groups in total. The van der Waals surface area contributed by atoms with Crippen LogP contribution in [0.3, 0.4) is 0 Å². The first-order valence-corrected chi connectivity index (χ1v) is 7.29. The van der Waals surface area contributed by atoms with Crippen molar-refractivity contribution in [3.05, 3.63) is 76.5 Å². The van der Waals surface area contributed by atoms with Gasteiger partial charge in [-0.3, -0.25) is 9.89 Å². The molecule has 0 amide bonds. The van der Waals surface area contributed by atoms with Crippen molar-refractivity contribution >= 4 is 5.78 Å². The van der Waals surface area contributed by atoms with Gasteiger partial charge in [0.15, 0.2) is 0 Å². The largest absolute Gasteiger partial charge is 0.287 e. The zero-order valence-corrected chi connectivity index (χ0v) is 13.0. The Morgan fingerprint density at radius 2 is 1.59 bits per heavy atom. The fraction of sp³-hybridized carbons (Fsp3) is 0.158. The second kappa shape index (κ2) is 5.60. The van der Waals surface area contributed by atoms with Crippen LogP contribution in [0.25, 0.3) is 11.3 Å². The molecule has 0 fully saturated rings. The van der Waals surface area contributed by atoms with Crippen molar-refractivity contribution in [2.75, 3.05) is 0 Å². The summed E-state index contributed by atoms with van der Waals surface area (Å²) in [5.74, 6) is -0.00955. The minimum Gasteiger partial charge on any atom is -0.287 e. The molecular weight excluding hydrogens is 272 g/mol. The van der Waals surface area contributed by atoms with Crippen LogP contribution in [0.1, 0.15) is 32.7 Å². The Hall–Kier alpha value is -2.68. The van der Waals surface area contributed by atoms with E-state index < -0.39 is 0 Å². The highest BCUT2D eigenvalue weighted by Gasteiger charge is 2.17. The van der Waals surface area contributed by atoms with Gasteiger partial charge in [0.1, 0.15) is 5.69 Å². The third kappa shape index (κ3) is 2.58. The summed E-state index contributed by atoms with van der Waals surface area (Å²) in [4.78, 5) is 12.8. The lowest BCUT2D eigenvalue weighted by atomic mass is 9.95. The lowest BCUT2D eigenvalue weighted by Gasteiger charge is -2.09. The van der Waals surface area contributed by atoms with Crippen LogP contribution in [0.5, 0.6) is 0 Å². The van der Waals surface area contributed by atoms with Crippen molar-refractivity contribution in [3.63, 3.8) is 0 Å². The fourth-order valence-electron chi connectivity index (χ4n) is 2.87. The normalized spacial score (nSPS) is 10.7. The zero-order valence-electron chi connectivity index (χ0n) is 13.0. The van der Waals surface area contributed by atoms with Gasteiger partial charge in [-0.2, -0.15) is 5.10 Å². The van der Waals surface area contributed by atoms with E-state index in [0.717, 1.165) is 27.9 Å². The molecule has 0 aliphatic rings. The van der Waals surface area contributed by atoms with Crippen molar-refractivity contribution in [2.45, 2.75) is 20.8 Å². The molecule has 0 aliphatic heterocycles. The molecule has 110 valence electrons. The Kier molecular flexibility index (Phi) is 3.63. The van der Waals surface area contributed by atoms with Crippen molar-refractivity contribution < 1.29 is 4.79 Å². The third-order valence-electron chi connectivity index (χ3n) is 3.80. The average molecular weight is 290 g/mol. The van der Waals surface area contributed by atoms with Crippen LogP contribution in [-0.2, 0) is 0 Å². The number of nitrogens with one attached hydrogen (secondary N) is 1. The Bertz CT molecular complexity index is 809. The topological polar surface area (TPSA) is 45.8 Å². The van der Waals surface area contributed by atoms with Gasteiger partial charge in [0, 0.05) is 11.1 Å². The van der Waals surface area contributed by atoms with E-state index >= 15 is 0 Å². The fourth-order valence-corrected chi connectivity index (χ4v) is 2.87. The highest BCUT2D eigenvalue weighted by molar-refractivity contribution is 6.10. The van der Waals surface area contributed by atoms with E-state index in [1.54, 1.807) is 0 Å². The van der Waals surface area contributed by atoms with Gasteiger partial charge in [0.2, 0.25) is 5.78 Å². The molecule has 0 saturated carbocycles. The zero-order chi connectivity index (χ0) is 15.7. The van der Waals surface area contributed by atoms with Gasteiger partial charge in [0.05, 0.1) is 5.69 Å². The van der Waals surface area contributed by atoms with E-state index in [9.17, 15) is 4.79 Å². The van der Waals surface area contributed by atoms with Crippen molar-refractivity contribution in [3.8, 4) is 11.3 Å². The maximum atomic E-state index is 12.8. The highest BCUT2D eigenvalue weighted by Crippen LogP contribution is 2.22. The summed E-state index contributed by atoms with van der Waals surface area (Å²) >= 11 is 0. The number of rotatable bonds is 3. The molecule has 3 aromatic rings. The lowest BCUT2D eigenvalue weighted by Crippen LogP contribution is -2.07. The number of carbonyl (C=O) groups excluding carboxylic acids is 1. The second-order valence-electron chi connectivity index (χ2n) is 5.64. The van der Waals surface area contributed by atoms with E-state index in [0.29, 0.717) is 5.69 Å². The molecule has 1 heterocycles. The van der Waals surface area contributed by atoms with E-state index in [1.807, 2.05) is 69.3 Å². The molecule has 22 heavy (non-hydrogen) atoms. The smallest absolute Gasteiger partial charge is 0.211 e. The predicted octanol–water partition coefficient (Wildman–Crippen LogP) is 4.23. The second-order valence-corrected chi connectivity index (χ2v) is 5.64. The summed E-state index contributed by atoms with van der Waals surface area (Å²) in [6, 6.07) is 15.7. The number of hydrogen-bond donors (Lipinski definition) is 1. The number of aromatic amines is 1. The number of ketones is 1. The number of benzene rings is 2. The molecule has 3 rings (SSSR count). The maximum absolute atomic E-state index is 12.8. The summed E-state index contributed by atoms with van der Waals surface area (Å²) in [6.07, 6.45) is 0. The molecule has 0 spiro atoms. The van der Waals surface area contributed by atoms with Gasteiger partial charge in [-0.05, 0) is 38.0 Å². The summed E-state index contributed by atoms with van der Waals surface area (Å²) < 4.78 is 0. The molecule has 3 heteroatoms. The van der Waals surface area contributed by atoms with Gasteiger partial charge >= 0.3 is 0 Å². The van der Waals surface area contributed by atoms with Crippen LogP contribution in [0.4, 0.5) is 0 Å². The number of hydrogen-bond acceptors (Lipinski definition) is 2. The van der Waals surface area contributed by atoms with Gasteiger partial charge in [0.25, 0.3) is 0 Å². The Labute approximate surface area is 130 Å². The predicted molar refractivity (Wildman–Crippen MR) is 88.1 cm³/mol. The van der Waals surface area contributed by atoms with Crippen molar-refractivity contribution in [1.82, 2.24) is 10.2 Å². The first-order chi connectivity index (χ1) is 10.6. The van der Waals surface area contributed by atoms with E-state index in [2.05, 4.69) is 10.2 Å². The molecule has 0 saturated heterocycles. The molecule has 1 aromatic heterocycles. The number of nitrogens with zero attached hydrogens (tertiary/aromatic N) is 1. The van der Waals surface area contributed by atoms with Crippen molar-refractivity contribution in [1.29, 1.82) is 0 Å². The number of carbonyl (C=O) groups is 1. The summed E-state index contributed by atoms with van der Waals surface area (Å²) in [6.45, 7) is 5.99. The van der Waals surface area contributed by atoms with Crippen LogP contribution in [0, 0.1) is 20.8 Å². The van der Waals surface area contributed by atoms with Gasteiger partial charge in [-0.25, -0.2) is 0 Å². The quantitative estimate of drug-likeness (QED) is 0.734. The first-order valence-electron chi connectivity index (χ1n) is 7.29. The summed E-state index contributed by atoms with van der Waals surface area (Å²) in [7, 11) is 0.